The second-order valence-corrected chi connectivity index (χ2v) is 8.75. The van der Waals surface area contributed by atoms with Gasteiger partial charge in [-0.3, -0.25) is 0 Å². The highest BCUT2D eigenvalue weighted by atomic mass is 79.9. The van der Waals surface area contributed by atoms with Crippen LogP contribution in [0, 0.1) is 0 Å². The van der Waals surface area contributed by atoms with Crippen LogP contribution in [0.2, 0.25) is 0 Å². The van der Waals surface area contributed by atoms with Gasteiger partial charge in [-0.1, -0.05) is 0 Å². The SMILES string of the molecule is COc1cc(C=C(Br)Br)c(C=C(Br)Br)cc1OC. The molecule has 6 heteroatoms. The Balaban J connectivity index is 3.45. The molecule has 0 aliphatic carbocycles. The number of methoxy groups -OCH3 is 2. The maximum Gasteiger partial charge on any atom is 0.161 e. The fourth-order valence-corrected chi connectivity index (χ4v) is 2.38. The van der Waals surface area contributed by atoms with Gasteiger partial charge in [-0.05, 0) is 99.1 Å². The molecule has 0 aliphatic rings. The number of ether oxygens (including phenoxy) is 2. The van der Waals surface area contributed by atoms with Gasteiger partial charge in [-0.25, -0.2) is 0 Å². The van der Waals surface area contributed by atoms with Crippen molar-refractivity contribution in [3.8, 4) is 11.5 Å². The highest BCUT2D eigenvalue weighted by molar-refractivity contribution is 9.28. The van der Waals surface area contributed by atoms with E-state index in [4.69, 9.17) is 9.47 Å². The molecule has 1 aromatic carbocycles. The van der Waals surface area contributed by atoms with E-state index >= 15 is 0 Å². The molecule has 1 rings (SSSR count). The lowest BCUT2D eigenvalue weighted by molar-refractivity contribution is 0.355. The maximum absolute atomic E-state index is 5.29. The lowest BCUT2D eigenvalue weighted by Crippen LogP contribution is -1.93. The molecule has 0 N–H and O–H groups in total. The highest BCUT2D eigenvalue weighted by Crippen LogP contribution is 2.34. The Morgan fingerprint density at radius 1 is 0.833 bits per heavy atom. The number of rotatable bonds is 4. The summed E-state index contributed by atoms with van der Waals surface area (Å²) in [4.78, 5) is 0. The van der Waals surface area contributed by atoms with E-state index in [1.807, 2.05) is 24.3 Å². The van der Waals surface area contributed by atoms with Crippen LogP contribution in [0.15, 0.2) is 18.9 Å². The van der Waals surface area contributed by atoms with Gasteiger partial charge in [0.2, 0.25) is 0 Å². The van der Waals surface area contributed by atoms with Gasteiger partial charge in [-0.2, -0.15) is 0 Å². The second-order valence-electron chi connectivity index (χ2n) is 3.20. The molecule has 18 heavy (non-hydrogen) atoms. The molecular weight excluding hydrogens is 496 g/mol. The van der Waals surface area contributed by atoms with E-state index in [9.17, 15) is 0 Å². The number of benzene rings is 1. The molecule has 0 radical (unpaired) electrons. The van der Waals surface area contributed by atoms with Crippen molar-refractivity contribution in [1.82, 2.24) is 0 Å². The van der Waals surface area contributed by atoms with Crippen LogP contribution in [0.5, 0.6) is 11.5 Å². The third kappa shape index (κ3) is 4.72. The summed E-state index contributed by atoms with van der Waals surface area (Å²) in [5.74, 6) is 1.38. The molecular formula is C12H10Br4O2. The quantitative estimate of drug-likeness (QED) is 0.509. The molecule has 0 fully saturated rings. The van der Waals surface area contributed by atoms with Gasteiger partial charge in [0.1, 0.15) is 0 Å². The van der Waals surface area contributed by atoms with Gasteiger partial charge in [0.05, 0.1) is 21.0 Å². The predicted octanol–water partition coefficient (Wildman–Crippen LogP) is 5.88. The second kappa shape index (κ2) is 7.72. The Labute approximate surface area is 140 Å². The third-order valence-corrected chi connectivity index (χ3v) is 3.03. The minimum Gasteiger partial charge on any atom is -0.493 e. The molecule has 0 atom stereocenters. The van der Waals surface area contributed by atoms with Crippen molar-refractivity contribution in [2.75, 3.05) is 14.2 Å². The summed E-state index contributed by atoms with van der Waals surface area (Å²) < 4.78 is 12.3. The van der Waals surface area contributed by atoms with Crippen LogP contribution in [-0.2, 0) is 0 Å². The van der Waals surface area contributed by atoms with E-state index < -0.39 is 0 Å². The molecule has 0 unspecified atom stereocenters. The monoisotopic (exact) mass is 502 g/mol. The molecule has 98 valence electrons. The van der Waals surface area contributed by atoms with Gasteiger partial charge >= 0.3 is 0 Å². The average molecular weight is 506 g/mol. The zero-order valence-electron chi connectivity index (χ0n) is 9.64. The molecule has 0 amide bonds. The minimum atomic E-state index is 0.688. The fourth-order valence-electron chi connectivity index (χ4n) is 1.40. The van der Waals surface area contributed by atoms with E-state index in [1.165, 1.54) is 0 Å². The minimum absolute atomic E-state index is 0.688. The Kier molecular flexibility index (Phi) is 6.98. The Bertz CT molecular complexity index is 442. The van der Waals surface area contributed by atoms with Crippen LogP contribution in [0.3, 0.4) is 0 Å². The lowest BCUT2D eigenvalue weighted by atomic mass is 10.1. The van der Waals surface area contributed by atoms with Gasteiger partial charge in [0, 0.05) is 0 Å². The molecule has 2 nitrogen and oxygen atoms in total. The largest absolute Gasteiger partial charge is 0.493 e. The van der Waals surface area contributed by atoms with Crippen LogP contribution in [0.4, 0.5) is 0 Å². The van der Waals surface area contributed by atoms with Crippen LogP contribution >= 0.6 is 63.7 Å². The van der Waals surface area contributed by atoms with Crippen LogP contribution in [0.1, 0.15) is 11.1 Å². The third-order valence-electron chi connectivity index (χ3n) is 2.12. The summed E-state index contributed by atoms with van der Waals surface area (Å²) in [5, 5.41) is 0. The van der Waals surface area contributed by atoms with E-state index in [-0.39, 0.29) is 0 Å². The van der Waals surface area contributed by atoms with Crippen molar-refractivity contribution in [1.29, 1.82) is 0 Å². The van der Waals surface area contributed by atoms with Gasteiger partial charge < -0.3 is 9.47 Å². The van der Waals surface area contributed by atoms with Crippen LogP contribution < -0.4 is 9.47 Å². The van der Waals surface area contributed by atoms with Crippen molar-refractivity contribution in [3.05, 3.63) is 30.0 Å². The summed E-state index contributed by atoms with van der Waals surface area (Å²) in [7, 11) is 3.23. The van der Waals surface area contributed by atoms with E-state index in [0.29, 0.717) is 11.5 Å². The molecule has 0 saturated carbocycles. The van der Waals surface area contributed by atoms with Gasteiger partial charge in [0.25, 0.3) is 0 Å². The molecule has 0 heterocycles. The molecule has 0 spiro atoms. The molecule has 0 aromatic heterocycles. The average Bonchev–Trinajstić information content (AvgIpc) is 2.29. The molecule has 1 aromatic rings. The smallest absolute Gasteiger partial charge is 0.161 e. The summed E-state index contributed by atoms with van der Waals surface area (Å²) in [6.07, 6.45) is 3.88. The summed E-state index contributed by atoms with van der Waals surface area (Å²) >= 11 is 13.4. The molecule has 0 aliphatic heterocycles. The first-order valence-corrected chi connectivity index (χ1v) is 7.96. The molecule has 0 bridgehead atoms. The zero-order valence-corrected chi connectivity index (χ0v) is 16.0. The normalized spacial score (nSPS) is 9.67. The van der Waals surface area contributed by atoms with Crippen molar-refractivity contribution < 1.29 is 9.47 Å². The van der Waals surface area contributed by atoms with Crippen LogP contribution in [-0.4, -0.2) is 14.2 Å². The van der Waals surface area contributed by atoms with Crippen LogP contribution in [0.25, 0.3) is 12.2 Å². The fraction of sp³-hybridized carbons (Fsp3) is 0.167. The standard InChI is InChI=1S/C12H10Br4O2/c1-17-9-3-7(5-11(13)14)8(6-12(15)16)4-10(9)18-2/h3-6H,1-2H3. The van der Waals surface area contributed by atoms with Crippen molar-refractivity contribution >= 4 is 75.9 Å². The van der Waals surface area contributed by atoms with E-state index in [1.54, 1.807) is 14.2 Å². The van der Waals surface area contributed by atoms with Crippen molar-refractivity contribution in [3.63, 3.8) is 0 Å². The summed E-state index contributed by atoms with van der Waals surface area (Å²) in [6.45, 7) is 0. The first-order valence-electron chi connectivity index (χ1n) is 4.79. The van der Waals surface area contributed by atoms with E-state index in [0.717, 1.165) is 17.9 Å². The van der Waals surface area contributed by atoms with E-state index in [2.05, 4.69) is 63.7 Å². The Morgan fingerprint density at radius 2 is 1.17 bits per heavy atom. The number of hydrogen-bond donors (Lipinski definition) is 0. The predicted molar refractivity (Wildman–Crippen MR) is 91.2 cm³/mol. The number of hydrogen-bond acceptors (Lipinski definition) is 2. The van der Waals surface area contributed by atoms with Crippen molar-refractivity contribution in [2.24, 2.45) is 0 Å². The highest BCUT2D eigenvalue weighted by Gasteiger charge is 2.09. The molecule has 0 saturated heterocycles. The first-order chi connectivity index (χ1) is 8.47. The summed E-state index contributed by atoms with van der Waals surface area (Å²) in [5.41, 5.74) is 1.99. The maximum atomic E-state index is 5.29. The summed E-state index contributed by atoms with van der Waals surface area (Å²) in [6, 6.07) is 3.83. The first kappa shape index (κ1) is 16.3. The van der Waals surface area contributed by atoms with Crippen molar-refractivity contribution in [2.45, 2.75) is 0 Å². The zero-order chi connectivity index (χ0) is 13.7. The Morgan fingerprint density at radius 3 is 1.39 bits per heavy atom. The van der Waals surface area contributed by atoms with Gasteiger partial charge in [0.15, 0.2) is 11.5 Å². The lowest BCUT2D eigenvalue weighted by Gasteiger charge is -2.11. The van der Waals surface area contributed by atoms with Gasteiger partial charge in [-0.15, -0.1) is 0 Å². The number of halogens is 4. The Hall–Kier alpha value is 0.220. The topological polar surface area (TPSA) is 18.5 Å².